The van der Waals surface area contributed by atoms with Crippen LogP contribution in [0.1, 0.15) is 75.3 Å². The summed E-state index contributed by atoms with van der Waals surface area (Å²) in [5, 5.41) is 11.4. The topological polar surface area (TPSA) is 42.7 Å². The van der Waals surface area contributed by atoms with E-state index < -0.39 is 0 Å². The smallest absolute Gasteiger partial charge is 0.115 e. The van der Waals surface area contributed by atoms with Crippen LogP contribution in [0, 0.1) is 0 Å². The van der Waals surface area contributed by atoms with Crippen molar-refractivity contribution in [1.29, 1.82) is 0 Å². The van der Waals surface area contributed by atoms with Gasteiger partial charge in [0.15, 0.2) is 0 Å². The first kappa shape index (κ1) is 16.2. The summed E-state index contributed by atoms with van der Waals surface area (Å²) in [6.45, 7) is 11.8. The molecule has 2 rings (SSSR count). The summed E-state index contributed by atoms with van der Waals surface area (Å²) >= 11 is 1.74. The van der Waals surface area contributed by atoms with E-state index >= 15 is 0 Å². The second-order valence-electron chi connectivity index (χ2n) is 6.00. The van der Waals surface area contributed by atoms with Gasteiger partial charge in [0.05, 0.1) is 17.9 Å². The minimum Gasteiger partial charge on any atom is -0.304 e. The van der Waals surface area contributed by atoms with E-state index in [4.69, 9.17) is 4.98 Å². The Morgan fingerprint density at radius 1 is 1.29 bits per heavy atom. The molecule has 0 aliphatic rings. The fourth-order valence-corrected chi connectivity index (χ4v) is 3.20. The number of rotatable bonds is 7. The Morgan fingerprint density at radius 2 is 2.05 bits per heavy atom. The van der Waals surface area contributed by atoms with Gasteiger partial charge in [0.2, 0.25) is 0 Å². The average Bonchev–Trinajstić information content (AvgIpc) is 3.08. The lowest BCUT2D eigenvalue weighted by atomic mass is 10.1. The second kappa shape index (κ2) is 7.18. The molecule has 2 heterocycles. The number of aromatic nitrogens is 3. The highest BCUT2D eigenvalue weighted by Gasteiger charge is 2.20. The molecule has 0 radical (unpaired) electrons. The van der Waals surface area contributed by atoms with Gasteiger partial charge in [0, 0.05) is 23.2 Å². The van der Waals surface area contributed by atoms with Crippen LogP contribution >= 0.6 is 11.3 Å². The maximum atomic E-state index is 4.81. The molecule has 1 N–H and O–H groups in total. The largest absolute Gasteiger partial charge is 0.304 e. The highest BCUT2D eigenvalue weighted by molar-refractivity contribution is 7.09. The van der Waals surface area contributed by atoms with Crippen LogP contribution in [0.5, 0.6) is 0 Å². The first-order valence-electron chi connectivity index (χ1n) is 7.75. The van der Waals surface area contributed by atoms with E-state index in [0.717, 1.165) is 18.0 Å². The molecule has 21 heavy (non-hydrogen) atoms. The lowest BCUT2D eigenvalue weighted by molar-refractivity contribution is 0.530. The van der Waals surface area contributed by atoms with Crippen LogP contribution in [0.4, 0.5) is 0 Å². The molecule has 0 aliphatic carbocycles. The summed E-state index contributed by atoms with van der Waals surface area (Å²) in [6, 6.07) is 0.531. The van der Waals surface area contributed by atoms with Gasteiger partial charge >= 0.3 is 0 Å². The van der Waals surface area contributed by atoms with Crippen molar-refractivity contribution in [3.63, 3.8) is 0 Å². The SMILES string of the molecule is CCCNC(c1cnn(C(C)C)c1)c1nc(C(C)C)cs1. The van der Waals surface area contributed by atoms with Gasteiger partial charge in [-0.25, -0.2) is 4.98 Å². The molecule has 4 nitrogen and oxygen atoms in total. The summed E-state index contributed by atoms with van der Waals surface area (Å²) in [4.78, 5) is 4.81. The first-order valence-corrected chi connectivity index (χ1v) is 8.63. The lowest BCUT2D eigenvalue weighted by Gasteiger charge is -2.14. The molecule has 0 aliphatic heterocycles. The standard InChI is InChI=1S/C16H26N4S/c1-6-7-17-15(13-8-18-20(9-13)12(4)5)16-19-14(10-21-16)11(2)3/h8-12,15,17H,6-7H2,1-5H3. The molecule has 1 unspecified atom stereocenters. The molecule has 116 valence electrons. The van der Waals surface area contributed by atoms with Gasteiger partial charge in [0.1, 0.15) is 5.01 Å². The Morgan fingerprint density at radius 3 is 2.57 bits per heavy atom. The maximum absolute atomic E-state index is 4.81. The van der Waals surface area contributed by atoms with E-state index in [0.29, 0.717) is 12.0 Å². The van der Waals surface area contributed by atoms with Gasteiger partial charge < -0.3 is 5.32 Å². The Labute approximate surface area is 131 Å². The van der Waals surface area contributed by atoms with Gasteiger partial charge in [0.25, 0.3) is 0 Å². The summed E-state index contributed by atoms with van der Waals surface area (Å²) in [5.41, 5.74) is 2.37. The first-order chi connectivity index (χ1) is 10.0. The number of hydrogen-bond acceptors (Lipinski definition) is 4. The van der Waals surface area contributed by atoms with Crippen LogP contribution in [0.25, 0.3) is 0 Å². The summed E-state index contributed by atoms with van der Waals surface area (Å²) < 4.78 is 2.01. The predicted octanol–water partition coefficient (Wildman–Crippen LogP) is 4.13. The molecule has 0 bridgehead atoms. The normalized spacial score (nSPS) is 13.3. The summed E-state index contributed by atoms with van der Waals surface area (Å²) in [7, 11) is 0. The molecule has 1 atom stereocenters. The van der Waals surface area contributed by atoms with Crippen molar-refractivity contribution in [3.05, 3.63) is 34.0 Å². The van der Waals surface area contributed by atoms with Crippen LogP contribution < -0.4 is 5.32 Å². The number of nitrogens with zero attached hydrogens (tertiary/aromatic N) is 3. The van der Waals surface area contributed by atoms with Gasteiger partial charge in [-0.3, -0.25) is 4.68 Å². The van der Waals surface area contributed by atoms with Crippen molar-refractivity contribution in [1.82, 2.24) is 20.1 Å². The average molecular weight is 306 g/mol. The maximum Gasteiger partial charge on any atom is 0.115 e. The van der Waals surface area contributed by atoms with Gasteiger partial charge in [-0.05, 0) is 32.7 Å². The molecular weight excluding hydrogens is 280 g/mol. The van der Waals surface area contributed by atoms with Crippen molar-refractivity contribution in [2.45, 2.75) is 59.0 Å². The van der Waals surface area contributed by atoms with Crippen LogP contribution in [0.15, 0.2) is 17.8 Å². The van der Waals surface area contributed by atoms with Crippen LogP contribution in [0.3, 0.4) is 0 Å². The van der Waals surface area contributed by atoms with Crippen molar-refractivity contribution in [2.24, 2.45) is 0 Å². The van der Waals surface area contributed by atoms with Gasteiger partial charge in [-0.2, -0.15) is 5.10 Å². The van der Waals surface area contributed by atoms with Crippen molar-refractivity contribution < 1.29 is 0 Å². The molecule has 5 heteroatoms. The van der Waals surface area contributed by atoms with E-state index in [2.05, 4.69) is 56.6 Å². The van der Waals surface area contributed by atoms with E-state index in [1.54, 1.807) is 11.3 Å². The highest BCUT2D eigenvalue weighted by Crippen LogP contribution is 2.27. The van der Waals surface area contributed by atoms with Crippen LogP contribution in [-0.2, 0) is 0 Å². The lowest BCUT2D eigenvalue weighted by Crippen LogP contribution is -2.23. The molecular formula is C16H26N4S. The van der Waals surface area contributed by atoms with Crippen LogP contribution in [-0.4, -0.2) is 21.3 Å². The molecule has 0 aromatic carbocycles. The summed E-state index contributed by atoms with van der Waals surface area (Å²) in [5.74, 6) is 0.472. The quantitative estimate of drug-likeness (QED) is 0.836. The third-order valence-corrected chi connectivity index (χ3v) is 4.39. The molecule has 0 saturated heterocycles. The zero-order chi connectivity index (χ0) is 15.4. The fourth-order valence-electron chi connectivity index (χ4n) is 2.12. The minimum atomic E-state index is 0.148. The molecule has 0 amide bonds. The number of thiazole rings is 1. The second-order valence-corrected chi connectivity index (χ2v) is 6.89. The van der Waals surface area contributed by atoms with Crippen molar-refractivity contribution >= 4 is 11.3 Å². The van der Waals surface area contributed by atoms with E-state index in [9.17, 15) is 0 Å². The zero-order valence-electron chi connectivity index (χ0n) is 13.6. The van der Waals surface area contributed by atoms with E-state index in [1.165, 1.54) is 11.3 Å². The zero-order valence-corrected chi connectivity index (χ0v) is 14.4. The Hall–Kier alpha value is -1.20. The number of nitrogens with one attached hydrogen (secondary N) is 1. The van der Waals surface area contributed by atoms with Crippen molar-refractivity contribution in [2.75, 3.05) is 6.54 Å². The summed E-state index contributed by atoms with van der Waals surface area (Å²) in [6.07, 6.45) is 5.20. The number of hydrogen-bond donors (Lipinski definition) is 1. The Bertz CT molecular complexity index is 510. The Balaban J connectivity index is 2.27. The van der Waals surface area contributed by atoms with Gasteiger partial charge in [-0.1, -0.05) is 20.8 Å². The minimum absolute atomic E-state index is 0.148. The van der Waals surface area contributed by atoms with Gasteiger partial charge in [-0.15, -0.1) is 11.3 Å². The highest BCUT2D eigenvalue weighted by atomic mass is 32.1. The molecule has 0 spiro atoms. The Kier molecular flexibility index (Phi) is 5.53. The fraction of sp³-hybridized carbons (Fsp3) is 0.625. The molecule has 2 aromatic heterocycles. The molecule has 0 saturated carbocycles. The third-order valence-electron chi connectivity index (χ3n) is 3.46. The molecule has 0 fully saturated rings. The predicted molar refractivity (Wildman–Crippen MR) is 89.0 cm³/mol. The van der Waals surface area contributed by atoms with Crippen LogP contribution in [0.2, 0.25) is 0 Å². The van der Waals surface area contributed by atoms with E-state index in [-0.39, 0.29) is 6.04 Å². The third kappa shape index (κ3) is 3.92. The van der Waals surface area contributed by atoms with E-state index in [1.807, 2.05) is 10.9 Å². The van der Waals surface area contributed by atoms with Crippen molar-refractivity contribution in [3.8, 4) is 0 Å². The molecule has 2 aromatic rings. The monoisotopic (exact) mass is 306 g/mol.